The van der Waals surface area contributed by atoms with Crippen LogP contribution in [-0.2, 0) is 70.2 Å². The van der Waals surface area contributed by atoms with Crippen LogP contribution in [0, 0.1) is 5.41 Å². The number of aryl methyl sites for hydroxylation is 1. The van der Waals surface area contributed by atoms with Gasteiger partial charge in [0.05, 0.1) is 31.3 Å². The van der Waals surface area contributed by atoms with E-state index < -0.39 is 114 Å². The van der Waals surface area contributed by atoms with Crippen LogP contribution < -0.4 is 20.1 Å². The van der Waals surface area contributed by atoms with E-state index in [-0.39, 0.29) is 69.0 Å². The number of phenolic OH excluding ortho intramolecular Hbond substituents is 1. The Morgan fingerprint density at radius 3 is 2.22 bits per heavy atom. The highest BCUT2D eigenvalue weighted by atomic mass is 16.5. The predicted octanol–water partition coefficient (Wildman–Crippen LogP) is 6.59. The van der Waals surface area contributed by atoms with E-state index in [0.717, 1.165) is 16.8 Å². The fraction of sp³-hybridized carbons (Fsp3) is 0.500. The molecule has 0 spiro atoms. The summed E-state index contributed by atoms with van der Waals surface area (Å²) in [7, 11) is 5.86. The first-order valence-electron chi connectivity index (χ1n) is 29.7. The number of rotatable bonds is 11. The van der Waals surface area contributed by atoms with Gasteiger partial charge >= 0.3 is 11.9 Å². The fourth-order valence-electron chi connectivity index (χ4n) is 10.2. The molecule has 6 rings (SSSR count). The van der Waals surface area contributed by atoms with E-state index in [4.69, 9.17) is 23.7 Å². The number of Topliss-reactive ketones (excluding diaryl/α,β-unsaturated/α-hetero) is 1. The topological polar surface area (TPSA) is 257 Å². The minimum Gasteiger partial charge on any atom is -0.504 e. The molecule has 0 aliphatic carbocycles. The van der Waals surface area contributed by atoms with Crippen molar-refractivity contribution < 1.29 is 71.9 Å². The standard InChI is InChI=1S/C66H86N6O15/c1-11-12-24-50-61(79)68-49(36-44-27-30-45-20-13-14-21-46(45)35-44)62(80)71(9)52(40-86-65(2,3)4)60(78)67-39-56(74)69(7)33-17-16-26-58(76)85-42-66(5,6)59(77)63(81)72-34-18-15-25-51(72)64(82)87-54(31-28-43-29-32-55(83-10)53(73)37-43)47-22-19-23-48(38-47)84-41-57(75)70(50)8/h13-14,16,19-23,26-27,29-30,32,35,37-38,49-52,54,73H,11-12,15,17-18,24-25,28,31,33-34,36,39-42H2,1-10H3,(H,67,78)(H,68,79)/t49-,50-,51-,52-,54+/m0/s1. The lowest BCUT2D eigenvalue weighted by Gasteiger charge is -2.36. The lowest BCUT2D eigenvalue weighted by atomic mass is 9.87. The van der Waals surface area contributed by atoms with Crippen LogP contribution >= 0.6 is 0 Å². The van der Waals surface area contributed by atoms with Crippen LogP contribution in [0.25, 0.3) is 10.8 Å². The van der Waals surface area contributed by atoms with Gasteiger partial charge in [-0.25, -0.2) is 9.59 Å². The molecule has 87 heavy (non-hydrogen) atoms. The van der Waals surface area contributed by atoms with Gasteiger partial charge in [0.2, 0.25) is 29.4 Å². The number of esters is 2. The van der Waals surface area contributed by atoms with E-state index in [9.17, 15) is 43.5 Å². The number of nitrogens with zero attached hydrogens (tertiary/aromatic N) is 4. The Bertz CT molecular complexity index is 3140. The second-order valence-corrected chi connectivity index (χ2v) is 23.9. The molecule has 6 amide bonds. The zero-order chi connectivity index (χ0) is 63.6. The number of ether oxygens (including phenoxy) is 5. The molecule has 470 valence electrons. The van der Waals surface area contributed by atoms with Crippen molar-refractivity contribution in [1.29, 1.82) is 0 Å². The Morgan fingerprint density at radius 2 is 1.51 bits per heavy atom. The highest BCUT2D eigenvalue weighted by molar-refractivity contribution is 6.38. The van der Waals surface area contributed by atoms with Crippen LogP contribution in [0.4, 0.5) is 0 Å². The summed E-state index contributed by atoms with van der Waals surface area (Å²) in [4.78, 5) is 132. The normalized spacial score (nSPS) is 21.7. The number of hydrogen-bond acceptors (Lipinski definition) is 15. The monoisotopic (exact) mass is 1200 g/mol. The van der Waals surface area contributed by atoms with Gasteiger partial charge in [-0.2, -0.15) is 0 Å². The van der Waals surface area contributed by atoms with Crippen molar-refractivity contribution in [2.24, 2.45) is 5.41 Å². The third-order valence-electron chi connectivity index (χ3n) is 15.6. The Labute approximate surface area is 510 Å². The quantitative estimate of drug-likeness (QED) is 0.106. The molecule has 2 bridgehead atoms. The maximum atomic E-state index is 15.0. The second kappa shape index (κ2) is 31.4. The Kier molecular flexibility index (Phi) is 24.4. The van der Waals surface area contributed by atoms with E-state index in [0.29, 0.717) is 48.8 Å². The minimum atomic E-state index is -1.51. The summed E-state index contributed by atoms with van der Waals surface area (Å²) in [5.41, 5.74) is -0.400. The number of carbonyl (C=O) groups is 9. The number of aromatic hydroxyl groups is 1. The number of carbonyl (C=O) groups excluding carboxylic acids is 9. The highest BCUT2D eigenvalue weighted by Gasteiger charge is 2.43. The average Bonchev–Trinajstić information content (AvgIpc) is 2.76. The molecule has 0 aromatic heterocycles. The van der Waals surface area contributed by atoms with Crippen LogP contribution in [0.1, 0.15) is 116 Å². The first-order chi connectivity index (χ1) is 41.3. The van der Waals surface area contributed by atoms with Crippen molar-refractivity contribution >= 4 is 63.9 Å². The summed E-state index contributed by atoms with van der Waals surface area (Å²) in [5.74, 6) is -6.01. The Morgan fingerprint density at radius 1 is 0.770 bits per heavy atom. The summed E-state index contributed by atoms with van der Waals surface area (Å²) in [6, 6.07) is 20.1. The van der Waals surface area contributed by atoms with E-state index in [1.807, 2.05) is 49.4 Å². The molecule has 3 N–H and O–H groups in total. The molecule has 4 aromatic rings. The predicted molar refractivity (Wildman–Crippen MR) is 325 cm³/mol. The molecule has 1 fully saturated rings. The smallest absolute Gasteiger partial charge is 0.330 e. The van der Waals surface area contributed by atoms with Gasteiger partial charge < -0.3 is 59.0 Å². The number of unbranched alkanes of at least 4 members (excludes halogenated alkanes) is 1. The number of likely N-dealkylation sites (N-methyl/N-ethyl adjacent to an activating group) is 3. The fourth-order valence-corrected chi connectivity index (χ4v) is 10.2. The first kappa shape index (κ1) is 67.8. The number of fused-ring (bicyclic) bond motifs is 4. The first-order valence-corrected chi connectivity index (χ1v) is 29.7. The minimum absolute atomic E-state index is 0.00511. The van der Waals surface area contributed by atoms with Crippen LogP contribution in [0.3, 0.4) is 0 Å². The van der Waals surface area contributed by atoms with Crippen molar-refractivity contribution in [3.63, 3.8) is 0 Å². The molecule has 21 heteroatoms. The summed E-state index contributed by atoms with van der Waals surface area (Å²) >= 11 is 0. The molecular weight excluding hydrogens is 1120 g/mol. The largest absolute Gasteiger partial charge is 0.504 e. The van der Waals surface area contributed by atoms with Crippen LogP contribution in [-0.4, -0.2) is 175 Å². The number of benzene rings is 4. The number of methoxy groups -OCH3 is 1. The van der Waals surface area contributed by atoms with Crippen molar-refractivity contribution in [2.45, 2.75) is 142 Å². The molecule has 2 heterocycles. The molecule has 5 atom stereocenters. The van der Waals surface area contributed by atoms with Crippen LogP contribution in [0.5, 0.6) is 17.2 Å². The van der Waals surface area contributed by atoms with Crippen molar-refractivity contribution in [3.05, 3.63) is 114 Å². The van der Waals surface area contributed by atoms with Crippen LogP contribution in [0.2, 0.25) is 0 Å². The SMILES string of the molecule is CCCC[C@H]1C(=O)N[C@@H](Cc2ccc3ccccc3c2)C(=O)N(C)[C@@H](COC(C)(C)C)C(=O)NCC(=O)N(C)CCC=CC(=O)OCC(C)(C)C(=O)C(=O)N2CCCC[C@H]2C(=O)O[C@H](CCc2ccc(OC)c(O)c2)c2cccc(c2)OCC(=O)N1C. The number of nitrogens with one attached hydrogen (secondary N) is 2. The third-order valence-corrected chi connectivity index (χ3v) is 15.6. The lowest BCUT2D eigenvalue weighted by molar-refractivity contribution is -0.165. The molecule has 2 aliphatic heterocycles. The number of hydrogen-bond donors (Lipinski definition) is 3. The second-order valence-electron chi connectivity index (χ2n) is 23.9. The van der Waals surface area contributed by atoms with Crippen molar-refractivity contribution in [3.8, 4) is 17.2 Å². The number of piperidine rings is 1. The van der Waals surface area contributed by atoms with Gasteiger partial charge in [0.1, 0.15) is 42.6 Å². The molecule has 0 saturated carbocycles. The Balaban J connectivity index is 1.35. The van der Waals surface area contributed by atoms with E-state index in [1.165, 1.54) is 67.8 Å². The summed E-state index contributed by atoms with van der Waals surface area (Å²) < 4.78 is 29.2. The molecule has 0 radical (unpaired) electrons. The number of amides is 6. The molecule has 4 aromatic carbocycles. The number of cyclic esters (lactones) is 2. The number of phenols is 1. The van der Waals surface area contributed by atoms with Gasteiger partial charge in [0.15, 0.2) is 18.1 Å². The summed E-state index contributed by atoms with van der Waals surface area (Å²) in [5, 5.41) is 18.1. The van der Waals surface area contributed by atoms with Gasteiger partial charge in [0, 0.05) is 46.7 Å². The molecule has 0 unspecified atom stereocenters. The van der Waals surface area contributed by atoms with Crippen molar-refractivity contribution in [1.82, 2.24) is 30.2 Å². The molecule has 2 aliphatic rings. The highest BCUT2D eigenvalue weighted by Crippen LogP contribution is 2.33. The lowest BCUT2D eigenvalue weighted by Crippen LogP contribution is -2.59. The molecule has 21 nitrogen and oxygen atoms in total. The average molecular weight is 1200 g/mol. The van der Waals surface area contributed by atoms with E-state index in [1.54, 1.807) is 63.2 Å². The van der Waals surface area contributed by atoms with Gasteiger partial charge in [-0.15, -0.1) is 0 Å². The zero-order valence-corrected chi connectivity index (χ0v) is 51.9. The third kappa shape index (κ3) is 19.3. The summed E-state index contributed by atoms with van der Waals surface area (Å²) in [6.07, 6.45) is 5.00. The van der Waals surface area contributed by atoms with Crippen molar-refractivity contribution in [2.75, 3.05) is 67.7 Å². The van der Waals surface area contributed by atoms with Gasteiger partial charge in [-0.1, -0.05) is 86.5 Å². The molecule has 1 saturated heterocycles. The van der Waals surface area contributed by atoms with E-state index in [2.05, 4.69) is 10.6 Å². The number of ketones is 1. The Hall–Kier alpha value is -8.33. The van der Waals surface area contributed by atoms with Gasteiger partial charge in [-0.05, 0) is 131 Å². The van der Waals surface area contributed by atoms with Gasteiger partial charge in [-0.3, -0.25) is 33.6 Å². The summed E-state index contributed by atoms with van der Waals surface area (Å²) in [6.45, 7) is 8.72. The maximum Gasteiger partial charge on any atom is 0.330 e. The zero-order valence-electron chi connectivity index (χ0n) is 51.9. The van der Waals surface area contributed by atoms with Gasteiger partial charge in [0.25, 0.3) is 11.8 Å². The maximum absolute atomic E-state index is 15.0. The molecular formula is C66H86N6O15. The van der Waals surface area contributed by atoms with Crippen LogP contribution in [0.15, 0.2) is 97.1 Å². The van der Waals surface area contributed by atoms with E-state index >= 15 is 4.79 Å².